The van der Waals surface area contributed by atoms with E-state index in [9.17, 15) is 46.7 Å². The molecule has 0 aromatic heterocycles. The summed E-state index contributed by atoms with van der Waals surface area (Å²) in [5, 5.41) is 7.74. The minimum absolute atomic E-state index is 0.0205. The van der Waals surface area contributed by atoms with Crippen molar-refractivity contribution >= 4 is 76.6 Å². The highest BCUT2D eigenvalue weighted by molar-refractivity contribution is 6.20. The Morgan fingerprint density at radius 1 is 0.583 bits per heavy atom. The SMILES string of the molecule is CC[C@H](C)[C@@H]1NC(=O)[C@H](CC(C)C)N(C)C(=O)C[C@@H](C)N(C)C(=O)[C@H](C2CCCCC2)N(C)C(=O)C2(CCCC2)NC(=O)[C@@H]2CCCN2C(=O)[C@H](CCC2CCC(C(F)(F)F)C(Cl)C2)NC(=O)CN(C)C(=O)[C@H](CC2CCCCC2)N(C)C(=O)[C@@H]2CCN2C(=O)[C@H](C)N(C)C1=O. The van der Waals surface area contributed by atoms with Crippen LogP contribution in [0.4, 0.5) is 13.2 Å². The first-order valence-corrected chi connectivity index (χ1v) is 36.5. The Bertz CT molecular complexity index is 2780. The molecule has 542 valence electrons. The van der Waals surface area contributed by atoms with E-state index < -0.39 is 155 Å². The second kappa shape index (κ2) is 33.9. The number of hydrogen-bond acceptors (Lipinski definition) is 11. The van der Waals surface area contributed by atoms with Gasteiger partial charge in [0.1, 0.15) is 53.9 Å². The summed E-state index contributed by atoms with van der Waals surface area (Å²) in [6.45, 7) is 10.5. The van der Waals surface area contributed by atoms with Gasteiger partial charge < -0.3 is 55.1 Å². The summed E-state index contributed by atoms with van der Waals surface area (Å²) < 4.78 is 42.0. The summed E-state index contributed by atoms with van der Waals surface area (Å²) in [5.41, 5.74) is -1.46. The van der Waals surface area contributed by atoms with E-state index in [0.717, 1.165) is 51.4 Å². The van der Waals surface area contributed by atoms with Crippen LogP contribution in [0.2, 0.25) is 0 Å². The zero-order chi connectivity index (χ0) is 70.8. The second-order valence-electron chi connectivity index (χ2n) is 30.2. The van der Waals surface area contributed by atoms with E-state index in [1.807, 2.05) is 27.7 Å². The first-order chi connectivity index (χ1) is 45.2. The molecule has 3 saturated heterocycles. The highest BCUT2D eigenvalue weighted by Crippen LogP contribution is 2.44. The second-order valence-corrected chi connectivity index (χ2v) is 30.7. The highest BCUT2D eigenvalue weighted by atomic mass is 35.5. The molecule has 4 aliphatic carbocycles. The first kappa shape index (κ1) is 77.6. The molecule has 0 aromatic carbocycles. The Morgan fingerprint density at radius 2 is 1.21 bits per heavy atom. The summed E-state index contributed by atoms with van der Waals surface area (Å²) >= 11 is 6.41. The third-order valence-corrected chi connectivity index (χ3v) is 23.6. The van der Waals surface area contributed by atoms with E-state index in [1.54, 1.807) is 27.9 Å². The predicted molar refractivity (Wildman–Crippen MR) is 357 cm³/mol. The van der Waals surface area contributed by atoms with E-state index in [0.29, 0.717) is 38.5 Å². The fraction of sp³-hybridized carbons (Fsp3) is 0.843. The zero-order valence-corrected chi connectivity index (χ0v) is 60.1. The number of likely N-dealkylation sites (N-methyl/N-ethyl adjacent to an activating group) is 6. The van der Waals surface area contributed by atoms with Crippen molar-refractivity contribution in [2.24, 2.45) is 35.5 Å². The summed E-state index contributed by atoms with van der Waals surface area (Å²) in [5.74, 6) is -8.75. The third kappa shape index (κ3) is 18.4. The predicted octanol–water partition coefficient (Wildman–Crippen LogP) is 7.02. The van der Waals surface area contributed by atoms with Crippen molar-refractivity contribution in [3.05, 3.63) is 0 Å². The number of alkyl halides is 4. The summed E-state index contributed by atoms with van der Waals surface area (Å²) in [6.07, 6.45) is 7.32. The minimum atomic E-state index is -4.49. The fourth-order valence-corrected chi connectivity index (χ4v) is 16.8. The molecule has 3 aliphatic heterocycles. The Labute approximate surface area is 572 Å². The Kier molecular flexibility index (Phi) is 27.4. The molecule has 7 aliphatic rings. The molecule has 96 heavy (non-hydrogen) atoms. The number of hydrogen-bond donors (Lipinski definition) is 3. The topological polar surface area (TPSA) is 250 Å². The van der Waals surface area contributed by atoms with E-state index in [1.165, 1.54) is 67.4 Å². The van der Waals surface area contributed by atoms with E-state index >= 15 is 19.2 Å². The number of nitrogens with zero attached hydrogens (tertiary/aromatic N) is 8. The molecule has 22 nitrogen and oxygen atoms in total. The summed E-state index contributed by atoms with van der Waals surface area (Å²) in [4.78, 5) is 175. The van der Waals surface area contributed by atoms with Crippen molar-refractivity contribution in [2.75, 3.05) is 61.9 Å². The summed E-state index contributed by atoms with van der Waals surface area (Å²) in [6, 6.07) is -9.49. The Hall–Kier alpha value is -5.75. The van der Waals surface area contributed by atoms with Crippen molar-refractivity contribution in [2.45, 2.75) is 280 Å². The highest BCUT2D eigenvalue weighted by Gasteiger charge is 2.52. The lowest BCUT2D eigenvalue weighted by atomic mass is 9.78. The van der Waals surface area contributed by atoms with Gasteiger partial charge in [-0.3, -0.25) is 52.7 Å². The van der Waals surface area contributed by atoms with Crippen LogP contribution in [0.5, 0.6) is 0 Å². The number of carbonyl (C=O) groups excluding carboxylic acids is 11. The number of halogens is 4. The van der Waals surface area contributed by atoms with Crippen LogP contribution in [0.25, 0.3) is 0 Å². The van der Waals surface area contributed by atoms with E-state index in [4.69, 9.17) is 11.6 Å². The van der Waals surface area contributed by atoms with Gasteiger partial charge >= 0.3 is 6.18 Å². The van der Waals surface area contributed by atoms with Gasteiger partial charge in [-0.1, -0.05) is 98.3 Å². The Balaban J connectivity index is 1.25. The van der Waals surface area contributed by atoms with Crippen LogP contribution < -0.4 is 16.0 Å². The van der Waals surface area contributed by atoms with Crippen molar-refractivity contribution in [1.82, 2.24) is 55.1 Å². The van der Waals surface area contributed by atoms with E-state index in [2.05, 4.69) is 16.0 Å². The van der Waals surface area contributed by atoms with Crippen molar-refractivity contribution in [3.63, 3.8) is 0 Å². The molecule has 0 aromatic rings. The number of rotatable bonds is 10. The number of amides is 11. The van der Waals surface area contributed by atoms with Crippen molar-refractivity contribution in [1.29, 1.82) is 0 Å². The van der Waals surface area contributed by atoms with Crippen LogP contribution >= 0.6 is 11.6 Å². The number of nitrogens with one attached hydrogen (secondary N) is 3. The normalized spacial score (nSPS) is 31.9. The van der Waals surface area contributed by atoms with Gasteiger partial charge in [0.05, 0.1) is 12.5 Å². The smallest absolute Gasteiger partial charge is 0.343 e. The molecule has 11 amide bonds. The van der Waals surface area contributed by atoms with Crippen molar-refractivity contribution < 1.29 is 65.9 Å². The summed E-state index contributed by atoms with van der Waals surface area (Å²) in [7, 11) is 9.11. The Morgan fingerprint density at radius 3 is 1.79 bits per heavy atom. The minimum Gasteiger partial charge on any atom is -0.343 e. The van der Waals surface area contributed by atoms with Gasteiger partial charge in [-0.05, 0) is 133 Å². The molecular weight excluding hydrogens is 1260 g/mol. The monoisotopic (exact) mass is 1380 g/mol. The van der Waals surface area contributed by atoms with Crippen LogP contribution in [0.1, 0.15) is 208 Å². The maximum Gasteiger partial charge on any atom is 0.393 e. The zero-order valence-electron chi connectivity index (χ0n) is 59.3. The molecule has 3 unspecified atom stereocenters. The standard InChI is InChI=1S/C70H113ClF3N11O11/c1-13-43(4)58-66(94)80(9)45(6)62(90)85-36-32-53(85)65(93)82(11)55(40-46-23-16-14-17-24-46)64(92)78(7)41-56(86)75-51(31-29-47-28-30-49(50(71)39-47)70(72,73)74)63(91)84-35-22-27-52(84)61(89)77-69(33-20-21-34-69)68(96)83(12)59(48-25-18-15-19-26-48)67(95)79(8)44(5)38-57(87)81(10)54(37-42(2)3)60(88)76-58/h42-55,58-59H,13-41H2,1-12H3,(H,75,86)(H,76,88)(H,77,89)/t43-,44+,45-,47?,49?,50?,51-,52-,53-,54-,55-,58-,59-/m0/s1. The van der Waals surface area contributed by atoms with Gasteiger partial charge in [-0.25, -0.2) is 0 Å². The molecule has 26 heteroatoms. The molecule has 0 radical (unpaired) electrons. The lowest BCUT2D eigenvalue weighted by molar-refractivity contribution is -0.182. The van der Waals surface area contributed by atoms with E-state index in [-0.39, 0.29) is 114 Å². The third-order valence-electron chi connectivity index (χ3n) is 23.1. The van der Waals surface area contributed by atoms with Crippen molar-refractivity contribution in [3.8, 4) is 0 Å². The quantitative estimate of drug-likeness (QED) is 0.188. The molecule has 7 rings (SSSR count). The molecule has 3 heterocycles. The van der Waals surface area contributed by atoms with Crippen LogP contribution in [0, 0.1) is 35.5 Å². The molecule has 0 bridgehead atoms. The molecule has 3 N–H and O–H groups in total. The lowest BCUT2D eigenvalue weighted by Gasteiger charge is -2.45. The van der Waals surface area contributed by atoms with Gasteiger partial charge in [0.15, 0.2) is 0 Å². The number of fused-ring (bicyclic) bond motifs is 2. The van der Waals surface area contributed by atoms with Crippen LogP contribution in [-0.4, -0.2) is 238 Å². The largest absolute Gasteiger partial charge is 0.393 e. The molecule has 4 saturated carbocycles. The molecular formula is C70H113ClF3N11O11. The fourth-order valence-electron chi connectivity index (χ4n) is 16.3. The average molecular weight is 1380 g/mol. The van der Waals surface area contributed by atoms with Gasteiger partial charge in [0.2, 0.25) is 65.0 Å². The van der Waals surface area contributed by atoms with Gasteiger partial charge in [0, 0.05) is 73.2 Å². The molecule has 7 fully saturated rings. The number of carbonyl (C=O) groups is 11. The molecule has 1 spiro atoms. The van der Waals surface area contributed by atoms with Crippen LogP contribution in [0.3, 0.4) is 0 Å². The van der Waals surface area contributed by atoms with Gasteiger partial charge in [0.25, 0.3) is 0 Å². The van der Waals surface area contributed by atoms with Gasteiger partial charge in [-0.15, -0.1) is 11.6 Å². The molecule has 13 atom stereocenters. The van der Waals surface area contributed by atoms with Crippen LogP contribution in [0.15, 0.2) is 0 Å². The van der Waals surface area contributed by atoms with Gasteiger partial charge in [-0.2, -0.15) is 13.2 Å². The average Bonchev–Trinajstić information content (AvgIpc) is 0.922. The maximum atomic E-state index is 15.5. The lowest BCUT2D eigenvalue weighted by Crippen LogP contribution is -2.65. The van der Waals surface area contributed by atoms with Crippen LogP contribution in [-0.2, 0) is 52.7 Å². The first-order valence-electron chi connectivity index (χ1n) is 36.0. The maximum absolute atomic E-state index is 15.5.